The van der Waals surface area contributed by atoms with Crippen molar-refractivity contribution >= 4 is 5.91 Å². The predicted octanol–water partition coefficient (Wildman–Crippen LogP) is 0.442. The third-order valence-corrected chi connectivity index (χ3v) is 4.44. The summed E-state index contributed by atoms with van der Waals surface area (Å²) in [5, 5.41) is 6.14. The summed E-state index contributed by atoms with van der Waals surface area (Å²) in [6.07, 6.45) is 0. The number of aromatic nitrogens is 2. The van der Waals surface area contributed by atoms with Gasteiger partial charge in [-0.15, -0.1) is 0 Å². The van der Waals surface area contributed by atoms with E-state index in [0.717, 1.165) is 31.7 Å². The zero-order valence-corrected chi connectivity index (χ0v) is 15.2. The Bertz CT molecular complexity index is 856. The third kappa shape index (κ3) is 3.76. The average Bonchev–Trinajstić information content (AvgIpc) is 2.64. The highest BCUT2D eigenvalue weighted by atomic mass is 16.5. The predicted molar refractivity (Wildman–Crippen MR) is 97.7 cm³/mol. The van der Waals surface area contributed by atoms with Crippen molar-refractivity contribution in [2.24, 2.45) is 0 Å². The Kier molecular flexibility index (Phi) is 5.34. The van der Waals surface area contributed by atoms with Gasteiger partial charge in [0.15, 0.2) is 11.4 Å². The molecule has 0 saturated carbocycles. The van der Waals surface area contributed by atoms with E-state index in [9.17, 15) is 9.59 Å². The van der Waals surface area contributed by atoms with E-state index in [1.807, 2.05) is 37.2 Å². The van der Waals surface area contributed by atoms with Gasteiger partial charge in [-0.05, 0) is 25.6 Å². The molecule has 138 valence electrons. The number of nitrogens with one attached hydrogen (secondary N) is 1. The summed E-state index contributed by atoms with van der Waals surface area (Å²) in [5.74, 6) is -0.236. The van der Waals surface area contributed by atoms with Crippen LogP contribution in [0.15, 0.2) is 35.1 Å². The quantitative estimate of drug-likeness (QED) is 0.856. The molecule has 26 heavy (non-hydrogen) atoms. The van der Waals surface area contributed by atoms with Gasteiger partial charge < -0.3 is 9.64 Å². The average molecular weight is 357 g/mol. The molecule has 1 N–H and O–H groups in total. The van der Waals surface area contributed by atoms with E-state index in [1.54, 1.807) is 6.07 Å². The van der Waals surface area contributed by atoms with Crippen LogP contribution in [0.25, 0.3) is 5.69 Å². The van der Waals surface area contributed by atoms with Gasteiger partial charge in [-0.2, -0.15) is 9.78 Å². The van der Waals surface area contributed by atoms with Crippen molar-refractivity contribution < 1.29 is 9.53 Å². The Morgan fingerprint density at radius 2 is 1.88 bits per heavy atom. The molecule has 1 amide bonds. The summed E-state index contributed by atoms with van der Waals surface area (Å²) in [6, 6.07) is 8.67. The van der Waals surface area contributed by atoms with Crippen molar-refractivity contribution in [3.8, 4) is 11.4 Å². The second-order valence-electron chi connectivity index (χ2n) is 6.33. The summed E-state index contributed by atoms with van der Waals surface area (Å²) < 4.78 is 6.44. The largest absolute Gasteiger partial charge is 0.494 e. The number of benzene rings is 1. The molecule has 0 spiro atoms. The number of aryl methyl sites for hydroxylation is 1. The highest BCUT2D eigenvalue weighted by Gasteiger charge is 2.22. The van der Waals surface area contributed by atoms with E-state index in [0.29, 0.717) is 5.69 Å². The molecule has 0 aliphatic carbocycles. The first-order valence-electron chi connectivity index (χ1n) is 8.48. The molecule has 1 fully saturated rings. The molecule has 2 heterocycles. The number of piperazine rings is 1. The first kappa shape index (κ1) is 18.1. The lowest BCUT2D eigenvalue weighted by molar-refractivity contribution is 0.0653. The Labute approximate surface area is 151 Å². The Hall–Kier alpha value is -2.71. The van der Waals surface area contributed by atoms with E-state index in [1.165, 1.54) is 17.9 Å². The second-order valence-corrected chi connectivity index (χ2v) is 6.33. The molecule has 1 saturated heterocycles. The molecule has 8 heteroatoms. The molecule has 0 bridgehead atoms. The minimum Gasteiger partial charge on any atom is -0.494 e. The van der Waals surface area contributed by atoms with Gasteiger partial charge in [0.25, 0.3) is 11.5 Å². The zero-order valence-electron chi connectivity index (χ0n) is 15.2. The Balaban J connectivity index is 1.93. The van der Waals surface area contributed by atoms with E-state index in [-0.39, 0.29) is 17.0 Å². The van der Waals surface area contributed by atoms with Crippen LogP contribution >= 0.6 is 0 Å². The second kappa shape index (κ2) is 7.67. The highest BCUT2D eigenvalue weighted by molar-refractivity contribution is 5.94. The molecule has 1 aliphatic heterocycles. The topological polar surface area (TPSA) is 79.7 Å². The summed E-state index contributed by atoms with van der Waals surface area (Å²) in [4.78, 5) is 27.3. The van der Waals surface area contributed by atoms with Crippen LogP contribution in [0.2, 0.25) is 0 Å². The smallest absolute Gasteiger partial charge is 0.289 e. The lowest BCUT2D eigenvalue weighted by Crippen LogP contribution is -2.52. The number of hydrogen-bond acceptors (Lipinski definition) is 6. The molecule has 1 aliphatic rings. The first-order chi connectivity index (χ1) is 12.5. The van der Waals surface area contributed by atoms with Gasteiger partial charge in [0.2, 0.25) is 0 Å². The number of carbonyl (C=O) groups is 1. The summed E-state index contributed by atoms with van der Waals surface area (Å²) >= 11 is 0. The number of ether oxygens (including phenoxy) is 1. The molecule has 2 aromatic rings. The van der Waals surface area contributed by atoms with Crippen LogP contribution in [-0.4, -0.2) is 65.9 Å². The zero-order chi connectivity index (χ0) is 18.7. The minimum absolute atomic E-state index is 0.0780. The van der Waals surface area contributed by atoms with Gasteiger partial charge in [0.05, 0.1) is 18.9 Å². The number of hydrazine groups is 1. The number of amides is 1. The number of methoxy groups -OCH3 is 1. The van der Waals surface area contributed by atoms with Crippen LogP contribution in [0.1, 0.15) is 16.1 Å². The van der Waals surface area contributed by atoms with Crippen LogP contribution in [0.5, 0.6) is 5.75 Å². The molecule has 0 radical (unpaired) electrons. The van der Waals surface area contributed by atoms with Crippen molar-refractivity contribution in [1.29, 1.82) is 0 Å². The number of hydrogen-bond donors (Lipinski definition) is 1. The maximum absolute atomic E-state index is 12.7. The summed E-state index contributed by atoms with van der Waals surface area (Å²) in [7, 11) is 3.46. The van der Waals surface area contributed by atoms with E-state index in [4.69, 9.17) is 4.74 Å². The van der Waals surface area contributed by atoms with Crippen molar-refractivity contribution in [3.05, 3.63) is 51.9 Å². The Morgan fingerprint density at radius 3 is 2.54 bits per heavy atom. The normalized spacial score (nSPS) is 15.7. The van der Waals surface area contributed by atoms with Crippen LogP contribution < -0.4 is 15.7 Å². The number of carbonyl (C=O) groups excluding carboxylic acids is 1. The van der Waals surface area contributed by atoms with Gasteiger partial charge in [-0.25, -0.2) is 5.01 Å². The van der Waals surface area contributed by atoms with Crippen molar-refractivity contribution in [1.82, 2.24) is 25.1 Å². The van der Waals surface area contributed by atoms with Crippen molar-refractivity contribution in [2.45, 2.75) is 6.92 Å². The third-order valence-electron chi connectivity index (χ3n) is 4.44. The lowest BCUT2D eigenvalue weighted by atomic mass is 10.2. The molecule has 1 aromatic heterocycles. The van der Waals surface area contributed by atoms with Crippen LogP contribution in [0.4, 0.5) is 0 Å². The molecule has 0 unspecified atom stereocenters. The van der Waals surface area contributed by atoms with Gasteiger partial charge in [-0.1, -0.05) is 18.2 Å². The monoisotopic (exact) mass is 357 g/mol. The highest BCUT2D eigenvalue weighted by Crippen LogP contribution is 2.16. The fourth-order valence-electron chi connectivity index (χ4n) is 2.84. The summed E-state index contributed by atoms with van der Waals surface area (Å²) in [6.45, 7) is 5.07. The standard InChI is InChI=1S/C18H23N5O3/c1-13-6-4-5-7-14(13)23-16(24)12-15(26-3)17(19-23)18(25)20-22-10-8-21(2)9-11-22/h4-7,12H,8-11H2,1-3H3,(H,20,25). The van der Waals surface area contributed by atoms with Gasteiger partial charge in [-0.3, -0.25) is 15.0 Å². The minimum atomic E-state index is -0.395. The molecule has 3 rings (SSSR count). The van der Waals surface area contributed by atoms with Crippen molar-refractivity contribution in [3.63, 3.8) is 0 Å². The van der Waals surface area contributed by atoms with E-state index < -0.39 is 5.91 Å². The van der Waals surface area contributed by atoms with Gasteiger partial charge in [0, 0.05) is 26.2 Å². The maximum atomic E-state index is 12.7. The fourth-order valence-corrected chi connectivity index (χ4v) is 2.84. The van der Waals surface area contributed by atoms with Gasteiger partial charge in [0.1, 0.15) is 0 Å². The van der Waals surface area contributed by atoms with Crippen LogP contribution in [-0.2, 0) is 0 Å². The van der Waals surface area contributed by atoms with Crippen molar-refractivity contribution in [2.75, 3.05) is 40.3 Å². The molecule has 1 aromatic carbocycles. The number of nitrogens with zero attached hydrogens (tertiary/aromatic N) is 4. The number of para-hydroxylation sites is 1. The Morgan fingerprint density at radius 1 is 1.19 bits per heavy atom. The van der Waals surface area contributed by atoms with E-state index >= 15 is 0 Å². The van der Waals surface area contributed by atoms with Crippen LogP contribution in [0, 0.1) is 6.92 Å². The van der Waals surface area contributed by atoms with E-state index in [2.05, 4.69) is 15.4 Å². The first-order valence-corrected chi connectivity index (χ1v) is 8.48. The molecule has 0 atom stereocenters. The molecular formula is C18H23N5O3. The lowest BCUT2D eigenvalue weighted by Gasteiger charge is -2.32. The number of rotatable bonds is 4. The van der Waals surface area contributed by atoms with Gasteiger partial charge >= 0.3 is 0 Å². The summed E-state index contributed by atoms with van der Waals surface area (Å²) in [5.41, 5.74) is 4.10. The molecule has 8 nitrogen and oxygen atoms in total. The maximum Gasteiger partial charge on any atom is 0.289 e. The molecular weight excluding hydrogens is 334 g/mol. The fraction of sp³-hybridized carbons (Fsp3) is 0.389. The number of likely N-dealkylation sites (N-methyl/N-ethyl adjacent to an activating group) is 1. The SMILES string of the molecule is COc1cc(=O)n(-c2ccccc2C)nc1C(=O)NN1CCN(C)CC1. The van der Waals surface area contributed by atoms with Crippen LogP contribution in [0.3, 0.4) is 0 Å².